The van der Waals surface area contributed by atoms with Crippen molar-refractivity contribution < 1.29 is 0 Å². The molecule has 0 saturated heterocycles. The van der Waals surface area contributed by atoms with Gasteiger partial charge in [0.25, 0.3) is 0 Å². The Morgan fingerprint density at radius 1 is 1.38 bits per heavy atom. The Balaban J connectivity index is 2.28. The van der Waals surface area contributed by atoms with Crippen LogP contribution in [0.5, 0.6) is 0 Å². The van der Waals surface area contributed by atoms with Crippen molar-refractivity contribution in [1.29, 1.82) is 0 Å². The molecule has 5 nitrogen and oxygen atoms in total. The molecule has 0 unspecified atom stereocenters. The van der Waals surface area contributed by atoms with E-state index in [1.807, 2.05) is 37.8 Å². The molecule has 1 N–H and O–H groups in total. The number of aromatic nitrogens is 4. The van der Waals surface area contributed by atoms with Crippen LogP contribution in [0.15, 0.2) is 28.6 Å². The molecule has 0 atom stereocenters. The van der Waals surface area contributed by atoms with E-state index in [1.165, 1.54) is 11.8 Å². The second-order valence-corrected chi connectivity index (χ2v) is 4.30. The summed E-state index contributed by atoms with van der Waals surface area (Å²) in [6, 6.07) is 1.91. The van der Waals surface area contributed by atoms with Crippen molar-refractivity contribution >= 4 is 17.6 Å². The molecule has 0 aliphatic rings. The molecule has 0 radical (unpaired) electrons. The van der Waals surface area contributed by atoms with Crippen LogP contribution in [0.25, 0.3) is 0 Å². The van der Waals surface area contributed by atoms with Crippen molar-refractivity contribution in [2.45, 2.75) is 17.1 Å². The van der Waals surface area contributed by atoms with E-state index in [-0.39, 0.29) is 0 Å². The lowest BCUT2D eigenvalue weighted by Gasteiger charge is -2.04. The summed E-state index contributed by atoms with van der Waals surface area (Å²) in [6.07, 6.45) is 3.69. The van der Waals surface area contributed by atoms with Gasteiger partial charge < -0.3 is 9.88 Å². The highest BCUT2D eigenvalue weighted by atomic mass is 32.2. The largest absolute Gasteiger partial charge is 0.373 e. The maximum Gasteiger partial charge on any atom is 0.174 e. The number of anilines is 1. The third-order valence-corrected chi connectivity index (χ3v) is 3.04. The average Bonchev–Trinajstić information content (AvgIpc) is 2.63. The molecule has 0 saturated carbocycles. The maximum absolute atomic E-state index is 4.36. The van der Waals surface area contributed by atoms with E-state index in [9.17, 15) is 0 Å². The van der Waals surface area contributed by atoms with Gasteiger partial charge >= 0.3 is 0 Å². The van der Waals surface area contributed by atoms with Gasteiger partial charge in [0, 0.05) is 32.6 Å². The van der Waals surface area contributed by atoms with E-state index in [1.54, 1.807) is 6.20 Å². The van der Waals surface area contributed by atoms with Gasteiger partial charge in [-0.1, -0.05) is 0 Å². The zero-order chi connectivity index (χ0) is 11.5. The molecule has 84 valence electrons. The van der Waals surface area contributed by atoms with Crippen molar-refractivity contribution in [2.75, 3.05) is 12.4 Å². The Kier molecular flexibility index (Phi) is 3.09. The SMILES string of the molecule is CNc1cc(Sc2nccn2C)nc(C)n1. The molecule has 0 aromatic carbocycles. The van der Waals surface area contributed by atoms with Gasteiger partial charge in [0.1, 0.15) is 16.7 Å². The van der Waals surface area contributed by atoms with Crippen molar-refractivity contribution in [3.8, 4) is 0 Å². The maximum atomic E-state index is 4.36. The summed E-state index contributed by atoms with van der Waals surface area (Å²) in [7, 11) is 3.80. The number of aryl methyl sites for hydroxylation is 2. The van der Waals surface area contributed by atoms with E-state index >= 15 is 0 Å². The molecule has 0 aliphatic heterocycles. The second kappa shape index (κ2) is 4.52. The van der Waals surface area contributed by atoms with Gasteiger partial charge in [-0.25, -0.2) is 15.0 Å². The summed E-state index contributed by atoms with van der Waals surface area (Å²) in [5.74, 6) is 1.58. The minimum Gasteiger partial charge on any atom is -0.373 e. The summed E-state index contributed by atoms with van der Waals surface area (Å²) in [5.41, 5.74) is 0. The van der Waals surface area contributed by atoms with Crippen molar-refractivity contribution in [2.24, 2.45) is 7.05 Å². The van der Waals surface area contributed by atoms with Crippen LogP contribution < -0.4 is 5.32 Å². The molecule has 0 fully saturated rings. The Labute approximate surface area is 98.3 Å². The fourth-order valence-corrected chi connectivity index (χ4v) is 2.12. The molecule has 6 heteroatoms. The normalized spacial score (nSPS) is 10.4. The summed E-state index contributed by atoms with van der Waals surface area (Å²) in [5, 5.41) is 4.82. The molecule has 0 spiro atoms. The Morgan fingerprint density at radius 2 is 2.19 bits per heavy atom. The monoisotopic (exact) mass is 235 g/mol. The van der Waals surface area contributed by atoms with E-state index in [0.29, 0.717) is 0 Å². The van der Waals surface area contributed by atoms with Crippen LogP contribution in [-0.4, -0.2) is 26.6 Å². The summed E-state index contributed by atoms with van der Waals surface area (Å²) < 4.78 is 1.96. The van der Waals surface area contributed by atoms with Crippen molar-refractivity contribution in [3.63, 3.8) is 0 Å². The molecule has 0 bridgehead atoms. The molecule has 0 aliphatic carbocycles. The highest BCUT2D eigenvalue weighted by molar-refractivity contribution is 7.99. The first-order valence-corrected chi connectivity index (χ1v) is 5.69. The zero-order valence-corrected chi connectivity index (χ0v) is 10.2. The molecule has 2 aromatic rings. The third kappa shape index (κ3) is 2.33. The smallest absolute Gasteiger partial charge is 0.174 e. The first-order valence-electron chi connectivity index (χ1n) is 4.87. The minimum atomic E-state index is 0.753. The van der Waals surface area contributed by atoms with Crippen molar-refractivity contribution in [3.05, 3.63) is 24.3 Å². The van der Waals surface area contributed by atoms with Crippen LogP contribution in [0.3, 0.4) is 0 Å². The molecule has 2 heterocycles. The molecule has 2 rings (SSSR count). The van der Waals surface area contributed by atoms with Gasteiger partial charge in [-0.15, -0.1) is 0 Å². The Bertz CT molecular complexity index is 494. The fourth-order valence-electron chi connectivity index (χ4n) is 1.26. The quantitative estimate of drug-likeness (QED) is 0.821. The van der Waals surface area contributed by atoms with Crippen LogP contribution in [0, 0.1) is 6.92 Å². The lowest BCUT2D eigenvalue weighted by molar-refractivity contribution is 0.787. The van der Waals surface area contributed by atoms with Crippen LogP contribution >= 0.6 is 11.8 Å². The standard InChI is InChI=1S/C10H13N5S/c1-7-13-8(11-2)6-9(14-7)16-10-12-4-5-15(10)3/h4-6H,1-3H3,(H,11,13,14). The minimum absolute atomic E-state index is 0.753. The lowest BCUT2D eigenvalue weighted by Crippen LogP contribution is -1.98. The number of hydrogen-bond acceptors (Lipinski definition) is 5. The van der Waals surface area contributed by atoms with Gasteiger partial charge in [0.05, 0.1) is 0 Å². The predicted octanol–water partition coefficient (Wildman–Crippen LogP) is 1.71. The molecule has 16 heavy (non-hydrogen) atoms. The Hall–Kier alpha value is -1.56. The number of imidazole rings is 1. The molecular weight excluding hydrogens is 222 g/mol. The third-order valence-electron chi connectivity index (χ3n) is 2.04. The second-order valence-electron chi connectivity index (χ2n) is 3.31. The molecule has 2 aromatic heterocycles. The van der Waals surface area contributed by atoms with Crippen LogP contribution in [0.4, 0.5) is 5.82 Å². The van der Waals surface area contributed by atoms with Crippen LogP contribution in [0.2, 0.25) is 0 Å². The van der Waals surface area contributed by atoms with Gasteiger partial charge in [0.2, 0.25) is 0 Å². The first kappa shape index (κ1) is 10.9. The van der Waals surface area contributed by atoms with E-state index < -0.39 is 0 Å². The van der Waals surface area contributed by atoms with Gasteiger partial charge in [-0.3, -0.25) is 0 Å². The van der Waals surface area contributed by atoms with Crippen LogP contribution in [0.1, 0.15) is 5.82 Å². The number of hydrogen-bond donors (Lipinski definition) is 1. The number of nitrogens with zero attached hydrogens (tertiary/aromatic N) is 4. The van der Waals surface area contributed by atoms with E-state index in [2.05, 4.69) is 20.3 Å². The molecular formula is C10H13N5S. The van der Waals surface area contributed by atoms with Crippen LogP contribution in [-0.2, 0) is 7.05 Å². The van der Waals surface area contributed by atoms with Gasteiger partial charge in [-0.05, 0) is 18.7 Å². The highest BCUT2D eigenvalue weighted by Crippen LogP contribution is 2.25. The summed E-state index contributed by atoms with van der Waals surface area (Å²) in [6.45, 7) is 1.88. The average molecular weight is 235 g/mol. The molecule has 0 amide bonds. The van der Waals surface area contributed by atoms with E-state index in [0.717, 1.165) is 21.8 Å². The zero-order valence-electron chi connectivity index (χ0n) is 9.43. The van der Waals surface area contributed by atoms with Crippen molar-refractivity contribution in [1.82, 2.24) is 19.5 Å². The van der Waals surface area contributed by atoms with Gasteiger partial charge in [-0.2, -0.15) is 0 Å². The topological polar surface area (TPSA) is 55.6 Å². The van der Waals surface area contributed by atoms with Gasteiger partial charge in [0.15, 0.2) is 5.16 Å². The lowest BCUT2D eigenvalue weighted by atomic mass is 10.5. The summed E-state index contributed by atoms with van der Waals surface area (Å²) in [4.78, 5) is 12.8. The fraction of sp³-hybridized carbons (Fsp3) is 0.300. The van der Waals surface area contributed by atoms with E-state index in [4.69, 9.17) is 0 Å². The summed E-state index contributed by atoms with van der Waals surface area (Å²) >= 11 is 1.53. The Morgan fingerprint density at radius 3 is 2.81 bits per heavy atom. The first-order chi connectivity index (χ1) is 7.69. The predicted molar refractivity (Wildman–Crippen MR) is 63.6 cm³/mol. The highest BCUT2D eigenvalue weighted by Gasteiger charge is 2.06. The number of rotatable bonds is 3. The number of nitrogens with one attached hydrogen (secondary N) is 1.